The molecule has 1 aliphatic heterocycles. The molecule has 17 heavy (non-hydrogen) atoms. The molecule has 1 fully saturated rings. The molecule has 0 aromatic carbocycles. The lowest BCUT2D eigenvalue weighted by Crippen LogP contribution is -2.43. The van der Waals surface area contributed by atoms with Crippen LogP contribution in [0.15, 0.2) is 18.3 Å². The van der Waals surface area contributed by atoms with Crippen molar-refractivity contribution in [2.75, 3.05) is 11.4 Å². The summed E-state index contributed by atoms with van der Waals surface area (Å²) in [5.41, 5.74) is 7.20. The summed E-state index contributed by atoms with van der Waals surface area (Å²) in [6.07, 6.45) is 4.44. The minimum absolute atomic E-state index is 0.0446. The average Bonchev–Trinajstić information content (AvgIpc) is 2.33. The minimum Gasteiger partial charge on any atom is -0.353 e. The lowest BCUT2D eigenvalue weighted by atomic mass is 9.91. The normalized spacial score (nSPS) is 26.9. The molecule has 2 rings (SSSR count). The molecule has 3 heteroatoms. The molecule has 2 N–H and O–H groups in total. The second-order valence-corrected chi connectivity index (χ2v) is 5.26. The van der Waals surface area contributed by atoms with E-state index in [1.807, 2.05) is 19.2 Å². The number of anilines is 1. The molecule has 0 amide bonds. The highest BCUT2D eigenvalue weighted by Gasteiger charge is 2.27. The largest absolute Gasteiger partial charge is 0.353 e. The van der Waals surface area contributed by atoms with E-state index in [0.717, 1.165) is 23.8 Å². The topological polar surface area (TPSA) is 42.1 Å². The molecule has 3 unspecified atom stereocenters. The van der Waals surface area contributed by atoms with Gasteiger partial charge in [0.2, 0.25) is 0 Å². The lowest BCUT2D eigenvalue weighted by molar-refractivity contribution is 0.360. The molecule has 1 aromatic heterocycles. The molecular weight excluding hydrogens is 210 g/mol. The summed E-state index contributed by atoms with van der Waals surface area (Å²) in [6.45, 7) is 7.75. The SMILES string of the molecule is CC(N)c1cccnc1N1CCCC(C)C1C. The fourth-order valence-corrected chi connectivity index (χ4v) is 2.64. The Labute approximate surface area is 104 Å². The molecule has 2 heterocycles. The molecule has 0 bridgehead atoms. The summed E-state index contributed by atoms with van der Waals surface area (Å²) < 4.78 is 0. The third-order valence-corrected chi connectivity index (χ3v) is 3.95. The molecule has 3 nitrogen and oxygen atoms in total. The van der Waals surface area contributed by atoms with Crippen LogP contribution in [-0.2, 0) is 0 Å². The molecule has 0 saturated carbocycles. The van der Waals surface area contributed by atoms with Gasteiger partial charge >= 0.3 is 0 Å². The van der Waals surface area contributed by atoms with E-state index in [1.165, 1.54) is 12.8 Å². The first-order valence-electron chi connectivity index (χ1n) is 6.58. The maximum atomic E-state index is 6.03. The summed E-state index contributed by atoms with van der Waals surface area (Å²) in [6, 6.07) is 4.67. The molecule has 0 aliphatic carbocycles. The van der Waals surface area contributed by atoms with E-state index in [4.69, 9.17) is 5.73 Å². The highest BCUT2D eigenvalue weighted by molar-refractivity contribution is 5.49. The van der Waals surface area contributed by atoms with Crippen molar-refractivity contribution in [2.24, 2.45) is 11.7 Å². The predicted octanol–water partition coefficient (Wildman–Crippen LogP) is 2.73. The van der Waals surface area contributed by atoms with Crippen molar-refractivity contribution in [3.8, 4) is 0 Å². The third-order valence-electron chi connectivity index (χ3n) is 3.95. The van der Waals surface area contributed by atoms with Gasteiger partial charge in [0.25, 0.3) is 0 Å². The van der Waals surface area contributed by atoms with E-state index in [1.54, 1.807) is 0 Å². The second kappa shape index (κ2) is 5.05. The zero-order valence-corrected chi connectivity index (χ0v) is 11.1. The summed E-state index contributed by atoms with van der Waals surface area (Å²) >= 11 is 0. The van der Waals surface area contributed by atoms with E-state index >= 15 is 0 Å². The summed E-state index contributed by atoms with van der Waals surface area (Å²) in [5, 5.41) is 0. The maximum Gasteiger partial charge on any atom is 0.133 e. The van der Waals surface area contributed by atoms with Crippen LogP contribution < -0.4 is 10.6 Å². The smallest absolute Gasteiger partial charge is 0.133 e. The van der Waals surface area contributed by atoms with Gasteiger partial charge in [0.05, 0.1) is 0 Å². The Morgan fingerprint density at radius 2 is 2.24 bits per heavy atom. The number of nitrogens with two attached hydrogens (primary N) is 1. The molecule has 3 atom stereocenters. The van der Waals surface area contributed by atoms with Crippen molar-refractivity contribution in [1.82, 2.24) is 4.98 Å². The van der Waals surface area contributed by atoms with Crippen LogP contribution in [0.2, 0.25) is 0 Å². The van der Waals surface area contributed by atoms with Gasteiger partial charge in [-0.05, 0) is 38.7 Å². The highest BCUT2D eigenvalue weighted by Crippen LogP contribution is 2.30. The van der Waals surface area contributed by atoms with Gasteiger partial charge in [-0.3, -0.25) is 0 Å². The van der Waals surface area contributed by atoms with E-state index in [0.29, 0.717) is 6.04 Å². The van der Waals surface area contributed by atoms with Crippen molar-refractivity contribution >= 4 is 5.82 Å². The Morgan fingerprint density at radius 3 is 2.94 bits per heavy atom. The fourth-order valence-electron chi connectivity index (χ4n) is 2.64. The van der Waals surface area contributed by atoms with E-state index in [2.05, 4.69) is 29.8 Å². The molecular formula is C14H23N3. The lowest BCUT2D eigenvalue weighted by Gasteiger charge is -2.40. The molecule has 1 aromatic rings. The molecule has 1 saturated heterocycles. The number of aromatic nitrogens is 1. The van der Waals surface area contributed by atoms with Gasteiger partial charge < -0.3 is 10.6 Å². The predicted molar refractivity (Wildman–Crippen MR) is 72.0 cm³/mol. The van der Waals surface area contributed by atoms with Crippen LogP contribution >= 0.6 is 0 Å². The molecule has 0 radical (unpaired) electrons. The van der Waals surface area contributed by atoms with Gasteiger partial charge in [0.15, 0.2) is 0 Å². The van der Waals surface area contributed by atoms with Crippen LogP contribution in [0.3, 0.4) is 0 Å². The van der Waals surface area contributed by atoms with E-state index in [-0.39, 0.29) is 6.04 Å². The number of rotatable bonds is 2. The number of hydrogen-bond acceptors (Lipinski definition) is 3. The quantitative estimate of drug-likeness (QED) is 0.854. The van der Waals surface area contributed by atoms with Gasteiger partial charge in [-0.15, -0.1) is 0 Å². The van der Waals surface area contributed by atoms with Gasteiger partial charge in [0, 0.05) is 30.4 Å². The Balaban J connectivity index is 2.32. The van der Waals surface area contributed by atoms with Gasteiger partial charge in [0.1, 0.15) is 5.82 Å². The van der Waals surface area contributed by atoms with Crippen LogP contribution in [0.4, 0.5) is 5.82 Å². The summed E-state index contributed by atoms with van der Waals surface area (Å²) in [4.78, 5) is 6.98. The van der Waals surface area contributed by atoms with Crippen molar-refractivity contribution < 1.29 is 0 Å². The first-order valence-corrected chi connectivity index (χ1v) is 6.58. The zero-order valence-electron chi connectivity index (χ0n) is 11.1. The van der Waals surface area contributed by atoms with Crippen molar-refractivity contribution in [2.45, 2.75) is 45.7 Å². The zero-order chi connectivity index (χ0) is 12.4. The van der Waals surface area contributed by atoms with Gasteiger partial charge in [-0.2, -0.15) is 0 Å². The van der Waals surface area contributed by atoms with Crippen molar-refractivity contribution in [1.29, 1.82) is 0 Å². The van der Waals surface area contributed by atoms with Gasteiger partial charge in [-0.1, -0.05) is 13.0 Å². The van der Waals surface area contributed by atoms with Crippen LogP contribution in [0.25, 0.3) is 0 Å². The Hall–Kier alpha value is -1.09. The second-order valence-electron chi connectivity index (χ2n) is 5.26. The molecule has 0 spiro atoms. The van der Waals surface area contributed by atoms with Crippen LogP contribution in [0.1, 0.15) is 45.2 Å². The average molecular weight is 233 g/mol. The van der Waals surface area contributed by atoms with E-state index < -0.39 is 0 Å². The third kappa shape index (κ3) is 2.44. The fraction of sp³-hybridized carbons (Fsp3) is 0.643. The number of piperidine rings is 1. The van der Waals surface area contributed by atoms with Gasteiger partial charge in [-0.25, -0.2) is 4.98 Å². The Bertz CT molecular complexity index is 375. The van der Waals surface area contributed by atoms with Crippen molar-refractivity contribution in [3.63, 3.8) is 0 Å². The summed E-state index contributed by atoms with van der Waals surface area (Å²) in [7, 11) is 0. The van der Waals surface area contributed by atoms with Crippen LogP contribution in [0.5, 0.6) is 0 Å². The molecule has 94 valence electrons. The van der Waals surface area contributed by atoms with Crippen LogP contribution in [0, 0.1) is 5.92 Å². The standard InChI is InChI=1S/C14H23N3/c1-10-6-5-9-17(12(10)3)14-13(11(2)15)7-4-8-16-14/h4,7-8,10-12H,5-6,9,15H2,1-3H3. The van der Waals surface area contributed by atoms with Crippen LogP contribution in [-0.4, -0.2) is 17.6 Å². The number of hydrogen-bond donors (Lipinski definition) is 1. The Morgan fingerprint density at radius 1 is 1.47 bits per heavy atom. The summed E-state index contributed by atoms with van der Waals surface area (Å²) in [5.74, 6) is 1.81. The Kier molecular flexibility index (Phi) is 3.67. The minimum atomic E-state index is 0.0446. The monoisotopic (exact) mass is 233 g/mol. The highest BCUT2D eigenvalue weighted by atomic mass is 15.2. The maximum absolute atomic E-state index is 6.03. The number of pyridine rings is 1. The first-order chi connectivity index (χ1) is 8.11. The van der Waals surface area contributed by atoms with E-state index in [9.17, 15) is 0 Å². The number of nitrogens with zero attached hydrogens (tertiary/aromatic N) is 2. The van der Waals surface area contributed by atoms with Crippen molar-refractivity contribution in [3.05, 3.63) is 23.9 Å². The first kappa shape index (κ1) is 12.4. The molecule has 1 aliphatic rings.